The van der Waals surface area contributed by atoms with Crippen LogP contribution in [0.15, 0.2) is 24.3 Å². The lowest BCUT2D eigenvalue weighted by Gasteiger charge is -2.20. The van der Waals surface area contributed by atoms with E-state index in [4.69, 9.17) is 4.74 Å². The van der Waals surface area contributed by atoms with E-state index in [0.29, 0.717) is 16.3 Å². The summed E-state index contributed by atoms with van der Waals surface area (Å²) in [4.78, 5) is 13.8. The van der Waals surface area contributed by atoms with E-state index < -0.39 is 6.10 Å². The Kier molecular flexibility index (Phi) is 5.57. The van der Waals surface area contributed by atoms with Gasteiger partial charge in [-0.25, -0.2) is 0 Å². The number of fused-ring (bicyclic) bond motifs is 1. The molecule has 1 aromatic heterocycles. The second-order valence-corrected chi connectivity index (χ2v) is 9.16. The van der Waals surface area contributed by atoms with Crippen LogP contribution in [-0.2, 0) is 23.1 Å². The van der Waals surface area contributed by atoms with E-state index in [9.17, 15) is 10.1 Å². The van der Waals surface area contributed by atoms with Crippen molar-refractivity contribution >= 4 is 22.2 Å². The highest BCUT2D eigenvalue weighted by molar-refractivity contribution is 7.16. The summed E-state index contributed by atoms with van der Waals surface area (Å²) in [5.74, 6) is 0.432. The van der Waals surface area contributed by atoms with Crippen LogP contribution in [0.25, 0.3) is 0 Å². The maximum absolute atomic E-state index is 12.6. The van der Waals surface area contributed by atoms with Gasteiger partial charge in [-0.15, -0.1) is 11.3 Å². The molecule has 0 saturated carbocycles. The van der Waals surface area contributed by atoms with Crippen LogP contribution in [0.1, 0.15) is 62.1 Å². The van der Waals surface area contributed by atoms with Gasteiger partial charge in [-0.3, -0.25) is 4.79 Å². The molecular formula is C22H26N2O2S. The maximum atomic E-state index is 12.6. The number of anilines is 1. The molecule has 4 nitrogen and oxygen atoms in total. The van der Waals surface area contributed by atoms with Crippen LogP contribution in [0.3, 0.4) is 0 Å². The number of rotatable bonds is 4. The Balaban J connectivity index is 1.68. The van der Waals surface area contributed by atoms with Crippen LogP contribution < -0.4 is 10.1 Å². The van der Waals surface area contributed by atoms with E-state index in [1.165, 1.54) is 21.8 Å². The van der Waals surface area contributed by atoms with Gasteiger partial charge in [-0.05, 0) is 61.3 Å². The Labute approximate surface area is 165 Å². The molecule has 1 atom stereocenters. The van der Waals surface area contributed by atoms with E-state index in [1.807, 2.05) is 24.3 Å². The largest absolute Gasteiger partial charge is 0.481 e. The third-order valence-corrected chi connectivity index (χ3v) is 6.13. The highest BCUT2D eigenvalue weighted by atomic mass is 32.1. The zero-order valence-electron chi connectivity index (χ0n) is 16.4. The molecule has 1 N–H and O–H groups in total. The quantitative estimate of drug-likeness (QED) is 0.790. The van der Waals surface area contributed by atoms with Crippen LogP contribution in [0.5, 0.6) is 5.75 Å². The molecule has 0 aliphatic heterocycles. The molecule has 1 unspecified atom stereocenters. The standard InChI is InChI=1S/C22H26N2O2S/c1-14(26-16-11-9-15(10-12-16)22(2,3)4)20(25)24-21-18(13-23)17-7-5-6-8-19(17)27-21/h9-12,14H,5-8H2,1-4H3,(H,24,25). The topological polar surface area (TPSA) is 62.1 Å². The van der Waals surface area contributed by atoms with E-state index in [2.05, 4.69) is 32.2 Å². The average Bonchev–Trinajstić information content (AvgIpc) is 2.98. The van der Waals surface area contributed by atoms with Crippen molar-refractivity contribution in [1.82, 2.24) is 0 Å². The number of benzene rings is 1. The van der Waals surface area contributed by atoms with Crippen LogP contribution in [0.2, 0.25) is 0 Å². The molecule has 1 aliphatic rings. The van der Waals surface area contributed by atoms with Gasteiger partial charge in [-0.1, -0.05) is 32.9 Å². The highest BCUT2D eigenvalue weighted by Gasteiger charge is 2.24. The fourth-order valence-corrected chi connectivity index (χ4v) is 4.52. The van der Waals surface area contributed by atoms with Gasteiger partial charge in [0.25, 0.3) is 5.91 Å². The summed E-state index contributed by atoms with van der Waals surface area (Å²) < 4.78 is 5.80. The van der Waals surface area contributed by atoms with Gasteiger partial charge in [0.15, 0.2) is 6.10 Å². The highest BCUT2D eigenvalue weighted by Crippen LogP contribution is 2.37. The minimum Gasteiger partial charge on any atom is -0.481 e. The summed E-state index contributed by atoms with van der Waals surface area (Å²) in [5, 5.41) is 13.1. The molecule has 1 amide bonds. The first-order valence-corrected chi connectivity index (χ1v) is 10.2. The number of hydrogen-bond donors (Lipinski definition) is 1. The van der Waals surface area contributed by atoms with E-state index in [1.54, 1.807) is 6.92 Å². The van der Waals surface area contributed by atoms with Crippen molar-refractivity contribution < 1.29 is 9.53 Å². The number of carbonyl (C=O) groups excluding carboxylic acids is 1. The second-order valence-electron chi connectivity index (χ2n) is 8.05. The summed E-state index contributed by atoms with van der Waals surface area (Å²) in [6.45, 7) is 8.21. The predicted octanol–water partition coefficient (Wildman–Crippen LogP) is 5.20. The molecular weight excluding hydrogens is 356 g/mol. The summed E-state index contributed by atoms with van der Waals surface area (Å²) in [6.07, 6.45) is 3.54. The van der Waals surface area contributed by atoms with Gasteiger partial charge in [-0.2, -0.15) is 5.26 Å². The fourth-order valence-electron chi connectivity index (χ4n) is 3.28. The molecule has 0 saturated heterocycles. The number of hydrogen-bond acceptors (Lipinski definition) is 4. The predicted molar refractivity (Wildman–Crippen MR) is 110 cm³/mol. The molecule has 0 fully saturated rings. The SMILES string of the molecule is CC(Oc1ccc(C(C)(C)C)cc1)C(=O)Nc1sc2c(c1C#N)CCCC2. The monoisotopic (exact) mass is 382 g/mol. The molecule has 3 rings (SSSR count). The van der Waals surface area contributed by atoms with Gasteiger partial charge in [0, 0.05) is 4.88 Å². The van der Waals surface area contributed by atoms with E-state index in [-0.39, 0.29) is 11.3 Å². The lowest BCUT2D eigenvalue weighted by Crippen LogP contribution is -2.30. The normalized spacial score (nSPS) is 14.8. The van der Waals surface area contributed by atoms with Crippen LogP contribution in [-0.4, -0.2) is 12.0 Å². The van der Waals surface area contributed by atoms with Gasteiger partial charge in [0.2, 0.25) is 0 Å². The van der Waals surface area contributed by atoms with Gasteiger partial charge in [0.05, 0.1) is 5.56 Å². The minimum atomic E-state index is -0.642. The Morgan fingerprint density at radius 2 is 1.89 bits per heavy atom. The summed E-state index contributed by atoms with van der Waals surface area (Å²) >= 11 is 1.53. The Morgan fingerprint density at radius 3 is 2.52 bits per heavy atom. The van der Waals surface area contributed by atoms with Crippen molar-refractivity contribution in [2.24, 2.45) is 0 Å². The number of nitrogens with one attached hydrogen (secondary N) is 1. The zero-order valence-corrected chi connectivity index (χ0v) is 17.2. The van der Waals surface area contributed by atoms with Crippen molar-refractivity contribution in [1.29, 1.82) is 5.26 Å². The van der Waals surface area contributed by atoms with Crippen LogP contribution in [0, 0.1) is 11.3 Å². The van der Waals surface area contributed by atoms with E-state index in [0.717, 1.165) is 31.2 Å². The van der Waals surface area contributed by atoms with Gasteiger partial charge >= 0.3 is 0 Å². The van der Waals surface area contributed by atoms with Gasteiger partial charge in [0.1, 0.15) is 16.8 Å². The number of aryl methyl sites for hydroxylation is 1. The molecule has 1 heterocycles. The molecule has 0 radical (unpaired) electrons. The van der Waals surface area contributed by atoms with Crippen LogP contribution >= 0.6 is 11.3 Å². The molecule has 1 aromatic carbocycles. The molecule has 142 valence electrons. The summed E-state index contributed by atoms with van der Waals surface area (Å²) in [6, 6.07) is 10.1. The first-order chi connectivity index (χ1) is 12.8. The number of amides is 1. The molecule has 1 aliphatic carbocycles. The van der Waals surface area contributed by atoms with Crippen molar-refractivity contribution in [2.45, 2.75) is 64.9 Å². The van der Waals surface area contributed by atoms with Crippen molar-refractivity contribution in [3.63, 3.8) is 0 Å². The molecule has 27 heavy (non-hydrogen) atoms. The average molecular weight is 383 g/mol. The smallest absolute Gasteiger partial charge is 0.265 e. The lowest BCUT2D eigenvalue weighted by molar-refractivity contribution is -0.122. The molecule has 2 aromatic rings. The first kappa shape index (κ1) is 19.4. The Morgan fingerprint density at radius 1 is 1.22 bits per heavy atom. The van der Waals surface area contributed by atoms with Crippen molar-refractivity contribution in [3.8, 4) is 11.8 Å². The number of ether oxygens (including phenoxy) is 1. The summed E-state index contributed by atoms with van der Waals surface area (Å²) in [7, 11) is 0. The van der Waals surface area contributed by atoms with Crippen molar-refractivity contribution in [3.05, 3.63) is 45.8 Å². The molecule has 0 spiro atoms. The number of carbonyl (C=O) groups is 1. The number of thiophene rings is 1. The van der Waals surface area contributed by atoms with Gasteiger partial charge < -0.3 is 10.1 Å². The second kappa shape index (κ2) is 7.74. The minimum absolute atomic E-state index is 0.0769. The Hall–Kier alpha value is -2.32. The zero-order chi connectivity index (χ0) is 19.6. The first-order valence-electron chi connectivity index (χ1n) is 9.42. The Bertz CT molecular complexity index is 869. The number of nitriles is 1. The van der Waals surface area contributed by atoms with Crippen molar-refractivity contribution in [2.75, 3.05) is 5.32 Å². The fraction of sp³-hybridized carbons (Fsp3) is 0.455. The maximum Gasteiger partial charge on any atom is 0.265 e. The third-order valence-electron chi connectivity index (χ3n) is 4.92. The third kappa shape index (κ3) is 4.33. The summed E-state index contributed by atoms with van der Waals surface area (Å²) in [5.41, 5.74) is 3.04. The van der Waals surface area contributed by atoms with Crippen LogP contribution in [0.4, 0.5) is 5.00 Å². The van der Waals surface area contributed by atoms with E-state index >= 15 is 0 Å². The number of nitrogens with zero attached hydrogens (tertiary/aromatic N) is 1. The molecule has 5 heteroatoms. The lowest BCUT2D eigenvalue weighted by atomic mass is 9.87. The molecule has 0 bridgehead atoms.